The molecule has 1 fully saturated rings. The Balaban J connectivity index is 1.78. The number of nitrogens with zero attached hydrogens (tertiary/aromatic N) is 2. The van der Waals surface area contributed by atoms with Crippen molar-refractivity contribution in [2.75, 3.05) is 0 Å². The second-order valence-electron chi connectivity index (χ2n) is 7.33. The van der Waals surface area contributed by atoms with E-state index in [-0.39, 0.29) is 11.3 Å². The van der Waals surface area contributed by atoms with Crippen LogP contribution in [-0.4, -0.2) is 15.9 Å². The van der Waals surface area contributed by atoms with E-state index in [0.29, 0.717) is 5.56 Å². The minimum absolute atomic E-state index is 0.192. The zero-order chi connectivity index (χ0) is 19.3. The molecule has 0 unspecified atom stereocenters. The third kappa shape index (κ3) is 2.62. The molecular weight excluding hydrogens is 366 g/mol. The summed E-state index contributed by atoms with van der Waals surface area (Å²) >= 11 is 1.68. The van der Waals surface area contributed by atoms with Crippen molar-refractivity contribution in [1.82, 2.24) is 9.97 Å². The van der Waals surface area contributed by atoms with Crippen LogP contribution in [0.4, 0.5) is 0 Å². The van der Waals surface area contributed by atoms with E-state index in [4.69, 9.17) is 5.73 Å². The van der Waals surface area contributed by atoms with Crippen LogP contribution in [0, 0.1) is 6.92 Å². The lowest BCUT2D eigenvalue weighted by Gasteiger charge is -2.22. The highest BCUT2D eigenvalue weighted by molar-refractivity contribution is 7.15. The molecule has 28 heavy (non-hydrogen) atoms. The zero-order valence-electron chi connectivity index (χ0n) is 15.5. The molecule has 0 atom stereocenters. The number of rotatable bonds is 4. The molecule has 2 heterocycles. The Morgan fingerprint density at radius 3 is 2.61 bits per heavy atom. The van der Waals surface area contributed by atoms with Crippen LogP contribution in [0.15, 0.2) is 60.9 Å². The standard InChI is InChI=1S/C23H19N3OS/c1-14-26-13-21(28-14)15-11-19(16-6-4-10-25-20(16)12-15)23(8-9-23)18-7-3-2-5-17(18)22(24)27/h2-7,10-13H,8-9H2,1H3,(H2,24,27). The van der Waals surface area contributed by atoms with Crippen LogP contribution in [0.5, 0.6) is 0 Å². The summed E-state index contributed by atoms with van der Waals surface area (Å²) < 4.78 is 0. The van der Waals surface area contributed by atoms with Crippen molar-refractivity contribution in [3.63, 3.8) is 0 Å². The summed E-state index contributed by atoms with van der Waals surface area (Å²) in [6, 6.07) is 16.2. The molecule has 0 radical (unpaired) electrons. The van der Waals surface area contributed by atoms with Crippen molar-refractivity contribution in [1.29, 1.82) is 0 Å². The van der Waals surface area contributed by atoms with Crippen LogP contribution in [0.25, 0.3) is 21.3 Å². The van der Waals surface area contributed by atoms with Gasteiger partial charge in [-0.05, 0) is 60.7 Å². The predicted molar refractivity (Wildman–Crippen MR) is 113 cm³/mol. The van der Waals surface area contributed by atoms with Gasteiger partial charge < -0.3 is 5.73 Å². The van der Waals surface area contributed by atoms with E-state index in [9.17, 15) is 4.79 Å². The lowest BCUT2D eigenvalue weighted by molar-refractivity contribution is 0.0999. The number of primary amides is 1. The fourth-order valence-electron chi connectivity index (χ4n) is 4.14. The second kappa shape index (κ2) is 6.24. The molecule has 1 aliphatic rings. The number of nitrogens with two attached hydrogens (primary N) is 1. The van der Waals surface area contributed by atoms with E-state index in [1.165, 1.54) is 5.56 Å². The van der Waals surface area contributed by atoms with Crippen LogP contribution in [-0.2, 0) is 5.41 Å². The quantitative estimate of drug-likeness (QED) is 0.546. The van der Waals surface area contributed by atoms with Gasteiger partial charge in [-0.25, -0.2) is 4.98 Å². The Labute approximate surface area is 167 Å². The number of pyridine rings is 1. The van der Waals surface area contributed by atoms with Crippen molar-refractivity contribution >= 4 is 28.1 Å². The maximum atomic E-state index is 12.1. The number of hydrogen-bond acceptors (Lipinski definition) is 4. The molecule has 1 aliphatic carbocycles. The van der Waals surface area contributed by atoms with Gasteiger partial charge in [0.2, 0.25) is 5.91 Å². The molecule has 4 nitrogen and oxygen atoms in total. The average Bonchev–Trinajstić information content (AvgIpc) is 3.41. The van der Waals surface area contributed by atoms with E-state index < -0.39 is 0 Å². The summed E-state index contributed by atoms with van der Waals surface area (Å²) in [4.78, 5) is 22.2. The molecule has 4 aromatic rings. The Morgan fingerprint density at radius 1 is 1.07 bits per heavy atom. The van der Waals surface area contributed by atoms with Gasteiger partial charge in [0.15, 0.2) is 0 Å². The van der Waals surface area contributed by atoms with Crippen molar-refractivity contribution in [2.45, 2.75) is 25.2 Å². The Morgan fingerprint density at radius 2 is 1.89 bits per heavy atom. The molecule has 0 bridgehead atoms. The summed E-state index contributed by atoms with van der Waals surface area (Å²) in [6.45, 7) is 2.01. The third-order valence-electron chi connectivity index (χ3n) is 5.60. The summed E-state index contributed by atoms with van der Waals surface area (Å²) in [5.41, 5.74) is 10.4. The highest BCUT2D eigenvalue weighted by atomic mass is 32.1. The molecule has 0 aliphatic heterocycles. The minimum Gasteiger partial charge on any atom is -0.366 e. The summed E-state index contributed by atoms with van der Waals surface area (Å²) in [5, 5.41) is 2.17. The van der Waals surface area contributed by atoms with Crippen LogP contribution < -0.4 is 5.73 Å². The molecule has 2 N–H and O–H groups in total. The Hall–Kier alpha value is -3.05. The molecule has 5 heteroatoms. The zero-order valence-corrected chi connectivity index (χ0v) is 16.3. The minimum atomic E-state index is -0.376. The van der Waals surface area contributed by atoms with Crippen molar-refractivity contribution < 1.29 is 4.79 Å². The van der Waals surface area contributed by atoms with E-state index >= 15 is 0 Å². The molecule has 1 saturated carbocycles. The monoisotopic (exact) mass is 385 g/mol. The number of aromatic nitrogens is 2. The van der Waals surface area contributed by atoms with Crippen molar-refractivity contribution in [3.8, 4) is 10.4 Å². The van der Waals surface area contributed by atoms with Gasteiger partial charge in [0, 0.05) is 28.8 Å². The van der Waals surface area contributed by atoms with E-state index in [1.54, 1.807) is 11.3 Å². The van der Waals surface area contributed by atoms with Crippen LogP contribution in [0.1, 0.15) is 39.3 Å². The summed E-state index contributed by atoms with van der Waals surface area (Å²) in [7, 11) is 0. The van der Waals surface area contributed by atoms with Gasteiger partial charge in [0.25, 0.3) is 0 Å². The second-order valence-corrected chi connectivity index (χ2v) is 8.56. The lowest BCUT2D eigenvalue weighted by Crippen LogP contribution is -2.19. The number of carbonyl (C=O) groups is 1. The number of amides is 1. The smallest absolute Gasteiger partial charge is 0.249 e. The SMILES string of the molecule is Cc1ncc(-c2cc(C3(c4ccccc4C(N)=O)CC3)c3cccnc3c2)s1. The maximum absolute atomic E-state index is 12.1. The molecule has 138 valence electrons. The van der Waals surface area contributed by atoms with E-state index in [1.807, 2.05) is 49.6 Å². The highest BCUT2D eigenvalue weighted by Crippen LogP contribution is 2.56. The first-order valence-corrected chi connectivity index (χ1v) is 10.1. The average molecular weight is 385 g/mol. The Kier molecular flexibility index (Phi) is 3.81. The summed E-state index contributed by atoms with van der Waals surface area (Å²) in [5.74, 6) is -0.376. The molecular formula is C23H19N3OS. The van der Waals surface area contributed by atoms with Crippen LogP contribution in [0.3, 0.4) is 0 Å². The van der Waals surface area contributed by atoms with Crippen molar-refractivity contribution in [3.05, 3.63) is 82.6 Å². The van der Waals surface area contributed by atoms with Gasteiger partial charge in [0.05, 0.1) is 15.4 Å². The number of fused-ring (bicyclic) bond motifs is 1. The normalized spacial score (nSPS) is 14.9. The highest BCUT2D eigenvalue weighted by Gasteiger charge is 2.48. The first-order chi connectivity index (χ1) is 13.6. The van der Waals surface area contributed by atoms with Gasteiger partial charge >= 0.3 is 0 Å². The molecule has 2 aromatic carbocycles. The number of carbonyl (C=O) groups excluding carboxylic acids is 1. The van der Waals surface area contributed by atoms with Crippen LogP contribution in [0.2, 0.25) is 0 Å². The number of aryl methyl sites for hydroxylation is 1. The maximum Gasteiger partial charge on any atom is 0.249 e. The van der Waals surface area contributed by atoms with Gasteiger partial charge in [0.1, 0.15) is 0 Å². The Bertz CT molecular complexity index is 1220. The van der Waals surface area contributed by atoms with Crippen LogP contribution >= 0.6 is 11.3 Å². The fourth-order valence-corrected chi connectivity index (χ4v) is 4.90. The van der Waals surface area contributed by atoms with Gasteiger partial charge in [-0.2, -0.15) is 0 Å². The molecule has 0 spiro atoms. The molecule has 2 aromatic heterocycles. The summed E-state index contributed by atoms with van der Waals surface area (Å²) in [6.07, 6.45) is 5.73. The number of thiazole rings is 1. The van der Waals surface area contributed by atoms with Gasteiger partial charge in [-0.3, -0.25) is 9.78 Å². The topological polar surface area (TPSA) is 68.9 Å². The van der Waals surface area contributed by atoms with E-state index in [2.05, 4.69) is 28.2 Å². The third-order valence-corrected chi connectivity index (χ3v) is 6.56. The predicted octanol–water partition coefficient (Wildman–Crippen LogP) is 4.85. The van der Waals surface area contributed by atoms with E-state index in [0.717, 1.165) is 44.8 Å². The first-order valence-electron chi connectivity index (χ1n) is 9.30. The van der Waals surface area contributed by atoms with Gasteiger partial charge in [-0.15, -0.1) is 11.3 Å². The lowest BCUT2D eigenvalue weighted by atomic mass is 9.82. The first kappa shape index (κ1) is 17.1. The number of benzene rings is 2. The largest absolute Gasteiger partial charge is 0.366 e. The van der Waals surface area contributed by atoms with Crippen molar-refractivity contribution in [2.24, 2.45) is 5.73 Å². The molecule has 0 saturated heterocycles. The number of hydrogen-bond donors (Lipinski definition) is 1. The fraction of sp³-hybridized carbons (Fsp3) is 0.174. The molecule has 5 rings (SSSR count). The molecule has 1 amide bonds. The van der Waals surface area contributed by atoms with Gasteiger partial charge in [-0.1, -0.05) is 24.3 Å².